The number of para-hydroxylation sites is 3. The number of rotatable bonds is 5. The molecule has 5 aromatic carbocycles. The van der Waals surface area contributed by atoms with Crippen LogP contribution in [-0.2, 0) is 10.3 Å². The van der Waals surface area contributed by atoms with Gasteiger partial charge in [0.15, 0.2) is 0 Å². The lowest BCUT2D eigenvalue weighted by molar-refractivity contribution is -0.142. The SMILES string of the molecule is O=C(c1ccccc1)N1c2ccccc2N2C(=O)[C@H](Oc3ccccc3)[C@]2(c2ccccc2)C[C@H]1c1ccc(Cl)cc1. The van der Waals surface area contributed by atoms with E-state index in [-0.39, 0.29) is 11.8 Å². The van der Waals surface area contributed by atoms with Crippen molar-refractivity contribution in [2.75, 3.05) is 9.80 Å². The van der Waals surface area contributed by atoms with Gasteiger partial charge in [-0.15, -0.1) is 0 Å². The van der Waals surface area contributed by atoms with Crippen LogP contribution in [0.15, 0.2) is 140 Å². The molecule has 2 aliphatic rings. The van der Waals surface area contributed by atoms with E-state index in [1.165, 1.54) is 0 Å². The van der Waals surface area contributed by atoms with Gasteiger partial charge in [-0.3, -0.25) is 19.4 Å². The molecule has 0 N–H and O–H groups in total. The first kappa shape index (κ1) is 26.1. The van der Waals surface area contributed by atoms with E-state index >= 15 is 0 Å². The van der Waals surface area contributed by atoms with Crippen molar-refractivity contribution < 1.29 is 14.3 Å². The third-order valence-electron chi connectivity index (χ3n) is 8.24. The van der Waals surface area contributed by atoms with Crippen molar-refractivity contribution in [2.24, 2.45) is 0 Å². The summed E-state index contributed by atoms with van der Waals surface area (Å²) in [6, 6.07) is 43.5. The fraction of sp³-hybridized carbons (Fsp3) is 0.111. The molecule has 1 saturated heterocycles. The lowest BCUT2D eigenvalue weighted by Gasteiger charge is -2.56. The molecule has 2 aliphatic heterocycles. The smallest absolute Gasteiger partial charge is 0.271 e. The standard InChI is InChI=1S/C36H27ClN2O3/c37-28-22-20-25(21-23-28)32-24-36(27-14-6-2-7-15-27)33(42-29-16-8-3-9-17-29)35(41)39(36)31-19-11-10-18-30(31)38(32)34(40)26-12-4-1-5-13-26/h1-23,32-33H,24H2/t32-,33-,36+/m0/s1. The van der Waals surface area contributed by atoms with Crippen LogP contribution in [0.5, 0.6) is 5.75 Å². The van der Waals surface area contributed by atoms with E-state index in [0.717, 1.165) is 11.1 Å². The molecule has 7 rings (SSSR count). The molecule has 0 unspecified atom stereocenters. The van der Waals surface area contributed by atoms with E-state index in [4.69, 9.17) is 16.3 Å². The Morgan fingerprint density at radius 2 is 1.29 bits per heavy atom. The second kappa shape index (κ2) is 10.5. The number of β-lactam (4-membered cyclic amide) rings is 1. The fourth-order valence-electron chi connectivity index (χ4n) is 6.34. The zero-order valence-corrected chi connectivity index (χ0v) is 23.4. The Morgan fingerprint density at radius 3 is 1.95 bits per heavy atom. The summed E-state index contributed by atoms with van der Waals surface area (Å²) in [6.07, 6.45) is -0.410. The third kappa shape index (κ3) is 4.16. The maximum Gasteiger partial charge on any atom is 0.271 e. The Morgan fingerprint density at radius 1 is 0.714 bits per heavy atom. The molecular formula is C36H27ClN2O3. The highest BCUT2D eigenvalue weighted by Crippen LogP contribution is 2.57. The number of benzene rings is 5. The predicted molar refractivity (Wildman–Crippen MR) is 165 cm³/mol. The van der Waals surface area contributed by atoms with Crippen LogP contribution >= 0.6 is 11.6 Å². The van der Waals surface area contributed by atoms with Crippen LogP contribution < -0.4 is 14.5 Å². The van der Waals surface area contributed by atoms with Crippen LogP contribution in [0.4, 0.5) is 11.4 Å². The minimum absolute atomic E-state index is 0.151. The number of carbonyl (C=O) groups excluding carboxylic acids is 2. The second-order valence-electron chi connectivity index (χ2n) is 10.6. The van der Waals surface area contributed by atoms with Gasteiger partial charge >= 0.3 is 0 Å². The summed E-state index contributed by atoms with van der Waals surface area (Å²) in [7, 11) is 0. The normalized spacial score (nSPS) is 21.0. The van der Waals surface area contributed by atoms with E-state index in [1.807, 2.05) is 149 Å². The molecule has 2 amide bonds. The molecule has 1 fully saturated rings. The van der Waals surface area contributed by atoms with Crippen LogP contribution in [0.1, 0.15) is 33.9 Å². The van der Waals surface area contributed by atoms with E-state index in [1.54, 1.807) is 0 Å². The van der Waals surface area contributed by atoms with Crippen molar-refractivity contribution in [3.8, 4) is 5.75 Å². The number of hydrogen-bond donors (Lipinski definition) is 0. The number of nitrogens with zero attached hydrogens (tertiary/aromatic N) is 2. The van der Waals surface area contributed by atoms with Crippen molar-refractivity contribution in [3.05, 3.63) is 161 Å². The van der Waals surface area contributed by atoms with Crippen molar-refractivity contribution in [1.29, 1.82) is 0 Å². The highest BCUT2D eigenvalue weighted by molar-refractivity contribution is 6.30. The number of amides is 2. The first-order valence-electron chi connectivity index (χ1n) is 13.9. The zero-order valence-electron chi connectivity index (χ0n) is 22.6. The van der Waals surface area contributed by atoms with Gasteiger partial charge in [-0.05, 0) is 59.7 Å². The molecule has 5 aromatic rings. The first-order chi connectivity index (χ1) is 20.6. The van der Waals surface area contributed by atoms with Crippen LogP contribution in [0.3, 0.4) is 0 Å². The Balaban J connectivity index is 1.48. The summed E-state index contributed by atoms with van der Waals surface area (Å²) in [4.78, 5) is 32.3. The van der Waals surface area contributed by atoms with Gasteiger partial charge in [-0.25, -0.2) is 0 Å². The molecule has 5 nitrogen and oxygen atoms in total. The second-order valence-corrected chi connectivity index (χ2v) is 11.0. The molecule has 0 aromatic heterocycles. The Hall–Kier alpha value is -4.87. The van der Waals surface area contributed by atoms with Gasteiger partial charge in [0.05, 0.1) is 17.4 Å². The van der Waals surface area contributed by atoms with Gasteiger partial charge in [-0.2, -0.15) is 0 Å². The molecule has 42 heavy (non-hydrogen) atoms. The Labute approximate surface area is 249 Å². The predicted octanol–water partition coefficient (Wildman–Crippen LogP) is 7.82. The minimum atomic E-state index is -0.902. The first-order valence-corrected chi connectivity index (χ1v) is 14.3. The van der Waals surface area contributed by atoms with Crippen LogP contribution in [-0.4, -0.2) is 17.9 Å². The molecule has 206 valence electrons. The molecule has 3 atom stereocenters. The summed E-state index contributed by atoms with van der Waals surface area (Å²) in [5.74, 6) is 0.310. The Bertz CT molecular complexity index is 1750. The summed E-state index contributed by atoms with van der Waals surface area (Å²) < 4.78 is 6.53. The third-order valence-corrected chi connectivity index (χ3v) is 8.49. The molecule has 6 heteroatoms. The van der Waals surface area contributed by atoms with Crippen molar-refractivity contribution in [3.63, 3.8) is 0 Å². The van der Waals surface area contributed by atoms with Crippen molar-refractivity contribution >= 4 is 34.8 Å². The van der Waals surface area contributed by atoms with E-state index in [2.05, 4.69) is 0 Å². The zero-order chi connectivity index (χ0) is 28.7. The number of anilines is 2. The van der Waals surface area contributed by atoms with Crippen LogP contribution in [0, 0.1) is 0 Å². The van der Waals surface area contributed by atoms with E-state index < -0.39 is 17.7 Å². The van der Waals surface area contributed by atoms with Crippen molar-refractivity contribution in [1.82, 2.24) is 0 Å². The topological polar surface area (TPSA) is 49.9 Å². The summed E-state index contributed by atoms with van der Waals surface area (Å²) in [5, 5.41) is 0.609. The number of fused-ring (bicyclic) bond motifs is 3. The molecular weight excluding hydrogens is 544 g/mol. The molecule has 2 heterocycles. The van der Waals surface area contributed by atoms with E-state index in [0.29, 0.717) is 34.1 Å². The average Bonchev–Trinajstić information content (AvgIpc) is 3.16. The average molecular weight is 571 g/mol. The highest BCUT2D eigenvalue weighted by atomic mass is 35.5. The van der Waals surface area contributed by atoms with Gasteiger partial charge in [0, 0.05) is 17.0 Å². The van der Waals surface area contributed by atoms with Gasteiger partial charge in [0.25, 0.3) is 11.8 Å². The number of ether oxygens (including phenoxy) is 1. The lowest BCUT2D eigenvalue weighted by atomic mass is 9.70. The largest absolute Gasteiger partial charge is 0.478 e. The number of halogens is 1. The highest BCUT2D eigenvalue weighted by Gasteiger charge is 2.66. The molecule has 0 saturated carbocycles. The van der Waals surface area contributed by atoms with E-state index in [9.17, 15) is 9.59 Å². The quantitative estimate of drug-likeness (QED) is 0.202. The minimum Gasteiger partial charge on any atom is -0.478 e. The monoisotopic (exact) mass is 570 g/mol. The van der Waals surface area contributed by atoms with Gasteiger partial charge < -0.3 is 4.74 Å². The molecule has 0 spiro atoms. The number of hydrogen-bond acceptors (Lipinski definition) is 3. The molecule has 0 aliphatic carbocycles. The molecule has 0 radical (unpaired) electrons. The van der Waals surface area contributed by atoms with Gasteiger partial charge in [0.2, 0.25) is 6.10 Å². The Kier molecular flexibility index (Phi) is 6.52. The molecule has 0 bridgehead atoms. The van der Waals surface area contributed by atoms with Crippen molar-refractivity contribution in [2.45, 2.75) is 24.1 Å². The fourth-order valence-corrected chi connectivity index (χ4v) is 6.47. The summed E-state index contributed by atoms with van der Waals surface area (Å²) in [6.45, 7) is 0. The van der Waals surface area contributed by atoms with Gasteiger partial charge in [-0.1, -0.05) is 103 Å². The van der Waals surface area contributed by atoms with Crippen LogP contribution in [0.2, 0.25) is 5.02 Å². The summed E-state index contributed by atoms with van der Waals surface area (Å²) >= 11 is 6.32. The maximum absolute atomic E-state index is 14.5. The lowest BCUT2D eigenvalue weighted by Crippen LogP contribution is -2.74. The summed E-state index contributed by atoms with van der Waals surface area (Å²) in [5.41, 5.74) is 2.84. The van der Waals surface area contributed by atoms with Crippen LogP contribution in [0.25, 0.3) is 0 Å². The van der Waals surface area contributed by atoms with Gasteiger partial charge in [0.1, 0.15) is 11.3 Å². The maximum atomic E-state index is 14.5. The number of carbonyl (C=O) groups is 2.